The number of hydrogen-bond donors (Lipinski definition) is 0. The maximum atomic E-state index is 3.91. The van der Waals surface area contributed by atoms with Gasteiger partial charge in [0.05, 0.1) is 9.52 Å². The summed E-state index contributed by atoms with van der Waals surface area (Å²) < 4.78 is 0. The third-order valence-electron chi connectivity index (χ3n) is 1.32. The summed E-state index contributed by atoms with van der Waals surface area (Å²) in [6.45, 7) is 11.7. The molecule has 0 fully saturated rings. The molecule has 0 aromatic heterocycles. The van der Waals surface area contributed by atoms with E-state index < -0.39 is 0 Å². The predicted molar refractivity (Wildman–Crippen MR) is 56.5 cm³/mol. The van der Waals surface area contributed by atoms with Gasteiger partial charge >= 0.3 is 0 Å². The Kier molecular flexibility index (Phi) is 5.48. The number of allylic oxidation sites excluding steroid dienone is 6. The van der Waals surface area contributed by atoms with Crippen LogP contribution in [0.1, 0.15) is 13.8 Å². The highest BCUT2D eigenvalue weighted by Gasteiger charge is 1.90. The van der Waals surface area contributed by atoms with Gasteiger partial charge in [0.1, 0.15) is 0 Å². The van der Waals surface area contributed by atoms with E-state index in [4.69, 9.17) is 0 Å². The Morgan fingerprint density at radius 1 is 1.45 bits per heavy atom. The van der Waals surface area contributed by atoms with Crippen molar-refractivity contribution in [2.75, 3.05) is 0 Å². The van der Waals surface area contributed by atoms with Crippen LogP contribution >= 0.6 is 0 Å². The van der Waals surface area contributed by atoms with E-state index in [1.165, 1.54) is 10.4 Å². The smallest absolute Gasteiger partial charge is 0.0808 e. The van der Waals surface area contributed by atoms with Crippen molar-refractivity contribution in [3.8, 4) is 0 Å². The first-order chi connectivity index (χ1) is 5.20. The summed E-state index contributed by atoms with van der Waals surface area (Å²) in [5, 5.41) is 2.75. The molecule has 60 valence electrons. The summed E-state index contributed by atoms with van der Waals surface area (Å²) in [6, 6.07) is 0. The molecule has 1 heteroatoms. The summed E-state index contributed by atoms with van der Waals surface area (Å²) in [6.07, 6.45) is 8.05. The molecular weight excluding hydrogens is 148 g/mol. The number of hydrogen-bond acceptors (Lipinski definition) is 0. The highest BCUT2D eigenvalue weighted by Crippen LogP contribution is 1.99. The molecule has 0 saturated carbocycles. The molecule has 0 radical (unpaired) electrons. The van der Waals surface area contributed by atoms with Crippen LogP contribution in [0.25, 0.3) is 0 Å². The van der Waals surface area contributed by atoms with Crippen molar-refractivity contribution in [1.82, 2.24) is 0 Å². The van der Waals surface area contributed by atoms with E-state index in [1.54, 1.807) is 6.08 Å². The van der Waals surface area contributed by atoms with Gasteiger partial charge in [-0.05, 0) is 13.8 Å². The summed E-state index contributed by atoms with van der Waals surface area (Å²) in [5.41, 5.74) is 0. The summed E-state index contributed by atoms with van der Waals surface area (Å²) >= 11 is 0. The average Bonchev–Trinajstić information content (AvgIpc) is 1.97. The minimum atomic E-state index is -0.228. The molecule has 0 aliphatic rings. The zero-order valence-corrected chi connectivity index (χ0v) is 8.84. The van der Waals surface area contributed by atoms with Crippen LogP contribution in [0.4, 0.5) is 0 Å². The molecule has 0 rings (SSSR count). The van der Waals surface area contributed by atoms with Crippen LogP contribution in [0.3, 0.4) is 0 Å². The van der Waals surface area contributed by atoms with E-state index in [2.05, 4.69) is 39.2 Å². The van der Waals surface area contributed by atoms with Crippen LogP contribution < -0.4 is 0 Å². The molecule has 0 bridgehead atoms. The first kappa shape index (κ1) is 10.2. The van der Waals surface area contributed by atoms with Gasteiger partial charge in [0.2, 0.25) is 0 Å². The fourth-order valence-corrected chi connectivity index (χ4v) is 1.95. The maximum absolute atomic E-state index is 3.91. The number of rotatable bonds is 4. The highest BCUT2D eigenvalue weighted by molar-refractivity contribution is 6.54. The Morgan fingerprint density at radius 3 is 2.45 bits per heavy atom. The van der Waals surface area contributed by atoms with Gasteiger partial charge in [-0.15, -0.1) is 6.58 Å². The Labute approximate surface area is 71.8 Å². The largest absolute Gasteiger partial charge is 0.104 e. The lowest BCUT2D eigenvalue weighted by molar-refractivity contribution is 1.64. The second-order valence-electron chi connectivity index (χ2n) is 2.59. The maximum Gasteiger partial charge on any atom is 0.0808 e. The Balaban J connectivity index is 4.08. The van der Waals surface area contributed by atoms with E-state index in [1.807, 2.05) is 6.08 Å². The molecule has 0 aromatic carbocycles. The van der Waals surface area contributed by atoms with Crippen molar-refractivity contribution in [2.24, 2.45) is 0 Å². The van der Waals surface area contributed by atoms with Gasteiger partial charge in [0.25, 0.3) is 0 Å². The second-order valence-corrected chi connectivity index (χ2v) is 4.97. The molecule has 0 aromatic rings. The minimum absolute atomic E-state index is 0.228. The highest BCUT2D eigenvalue weighted by atomic mass is 28.2. The van der Waals surface area contributed by atoms with Gasteiger partial charge < -0.3 is 0 Å². The molecule has 11 heavy (non-hydrogen) atoms. The molecule has 0 atom stereocenters. The normalized spacial score (nSPS) is 13.1. The van der Waals surface area contributed by atoms with Crippen molar-refractivity contribution in [1.29, 1.82) is 0 Å². The quantitative estimate of drug-likeness (QED) is 0.442. The van der Waals surface area contributed by atoms with Gasteiger partial charge in [-0.2, -0.15) is 0 Å². The lowest BCUT2D eigenvalue weighted by Crippen LogP contribution is -1.93. The molecule has 0 N–H and O–H groups in total. The molecule has 0 saturated heterocycles. The summed E-state index contributed by atoms with van der Waals surface area (Å²) in [5.74, 6) is 0. The zero-order chi connectivity index (χ0) is 8.69. The summed E-state index contributed by atoms with van der Waals surface area (Å²) in [7, 11) is -0.228. The molecule has 0 spiro atoms. The molecule has 0 aliphatic heterocycles. The van der Waals surface area contributed by atoms with Crippen LogP contribution in [-0.4, -0.2) is 9.52 Å². The molecule has 0 nitrogen and oxygen atoms in total. The Hall–Kier alpha value is -0.823. The SMILES string of the molecule is C=C/C=C\C(=C/C)[SiH2]C(=C)C. The van der Waals surface area contributed by atoms with Gasteiger partial charge in [0, 0.05) is 0 Å². The van der Waals surface area contributed by atoms with Crippen molar-refractivity contribution in [3.05, 3.63) is 47.9 Å². The van der Waals surface area contributed by atoms with Gasteiger partial charge in [-0.3, -0.25) is 0 Å². The molecule has 0 unspecified atom stereocenters. The van der Waals surface area contributed by atoms with Crippen LogP contribution in [0, 0.1) is 0 Å². The van der Waals surface area contributed by atoms with Crippen molar-refractivity contribution in [2.45, 2.75) is 13.8 Å². The summed E-state index contributed by atoms with van der Waals surface area (Å²) in [4.78, 5) is 0. The predicted octanol–water partition coefficient (Wildman–Crippen LogP) is 2.33. The van der Waals surface area contributed by atoms with E-state index in [-0.39, 0.29) is 9.52 Å². The van der Waals surface area contributed by atoms with Crippen LogP contribution in [0.2, 0.25) is 0 Å². The molecule has 0 amide bonds. The molecular formula is C10H16Si. The van der Waals surface area contributed by atoms with Gasteiger partial charge in [-0.25, -0.2) is 0 Å². The lowest BCUT2D eigenvalue weighted by atomic mass is 10.4. The van der Waals surface area contributed by atoms with Crippen LogP contribution in [-0.2, 0) is 0 Å². The van der Waals surface area contributed by atoms with E-state index in [0.29, 0.717) is 0 Å². The lowest BCUT2D eigenvalue weighted by Gasteiger charge is -1.97. The average molecular weight is 164 g/mol. The third-order valence-corrected chi connectivity index (χ3v) is 2.98. The van der Waals surface area contributed by atoms with E-state index in [9.17, 15) is 0 Å². The fraction of sp³-hybridized carbons (Fsp3) is 0.200. The van der Waals surface area contributed by atoms with E-state index in [0.717, 1.165) is 0 Å². The van der Waals surface area contributed by atoms with Crippen LogP contribution in [0.15, 0.2) is 47.9 Å². The molecule has 0 aliphatic carbocycles. The fourth-order valence-electron chi connectivity index (χ4n) is 0.797. The van der Waals surface area contributed by atoms with Gasteiger partial charge in [0.15, 0.2) is 0 Å². The first-order valence-electron chi connectivity index (χ1n) is 3.79. The topological polar surface area (TPSA) is 0 Å². The van der Waals surface area contributed by atoms with Crippen molar-refractivity contribution < 1.29 is 0 Å². The standard InChI is InChI=1S/C10H16Si/c1-5-7-8-10(6-2)11-9(3)4/h5-8H,1,3,11H2,2,4H3/b8-7-,10-6+. The zero-order valence-electron chi connectivity index (χ0n) is 7.43. The second kappa shape index (κ2) is 5.92. The van der Waals surface area contributed by atoms with Crippen molar-refractivity contribution in [3.63, 3.8) is 0 Å². The van der Waals surface area contributed by atoms with Gasteiger partial charge in [-0.1, -0.05) is 41.3 Å². The Bertz CT molecular complexity index is 197. The Morgan fingerprint density at radius 2 is 2.09 bits per heavy atom. The first-order valence-corrected chi connectivity index (χ1v) is 5.20. The van der Waals surface area contributed by atoms with Crippen molar-refractivity contribution >= 4 is 9.52 Å². The molecule has 0 heterocycles. The monoisotopic (exact) mass is 164 g/mol. The minimum Gasteiger partial charge on any atom is -0.104 e. The third kappa shape index (κ3) is 5.61. The van der Waals surface area contributed by atoms with Crippen LogP contribution in [0.5, 0.6) is 0 Å². The van der Waals surface area contributed by atoms with E-state index >= 15 is 0 Å².